The monoisotopic (exact) mass is 488 g/mol. The van der Waals surface area contributed by atoms with Crippen molar-refractivity contribution in [2.24, 2.45) is 10.7 Å². The molecule has 2 aliphatic heterocycles. The molecule has 4 heterocycles. The Labute approximate surface area is 174 Å². The van der Waals surface area contributed by atoms with E-state index < -0.39 is 0 Å². The number of nitrogens with zero attached hydrogens (tertiary/aromatic N) is 7. The zero-order chi connectivity index (χ0) is 17.1. The Balaban J connectivity index is 0.00000196. The Morgan fingerprint density at radius 3 is 2.73 bits per heavy atom. The number of anilines is 1. The first-order valence-electron chi connectivity index (χ1n) is 8.91. The molecule has 0 bridgehead atoms. The summed E-state index contributed by atoms with van der Waals surface area (Å²) in [6.45, 7) is 5.08. The molecular weight excluding hydrogens is 463 g/mol. The van der Waals surface area contributed by atoms with E-state index in [0.717, 1.165) is 55.9 Å². The predicted molar refractivity (Wildman–Crippen MR) is 114 cm³/mol. The first kappa shape index (κ1) is 19.3. The molecule has 0 amide bonds. The standard InChI is InChI=1S/C16H24N8S.HI/c17-15(22-7-9-23(10-8-22)16-18-5-11-25-16)19-12-14-21-20-13-4-2-1-3-6-24(13)14;/h5,11H,1-4,6-10,12H2,(H2,17,19);1H. The fourth-order valence-electron chi connectivity index (χ4n) is 3.41. The van der Waals surface area contributed by atoms with E-state index in [4.69, 9.17) is 5.73 Å². The van der Waals surface area contributed by atoms with Gasteiger partial charge >= 0.3 is 0 Å². The van der Waals surface area contributed by atoms with Crippen molar-refractivity contribution >= 4 is 46.4 Å². The third kappa shape index (κ3) is 4.27. The number of hydrogen-bond donors (Lipinski definition) is 1. The summed E-state index contributed by atoms with van der Waals surface area (Å²) >= 11 is 1.68. The fourth-order valence-corrected chi connectivity index (χ4v) is 4.11. The fraction of sp³-hybridized carbons (Fsp3) is 0.625. The van der Waals surface area contributed by atoms with Gasteiger partial charge in [-0.15, -0.1) is 45.5 Å². The molecule has 0 radical (unpaired) electrons. The van der Waals surface area contributed by atoms with Gasteiger partial charge in [-0.05, 0) is 12.8 Å². The molecule has 26 heavy (non-hydrogen) atoms. The lowest BCUT2D eigenvalue weighted by molar-refractivity contribution is 0.380. The molecule has 2 aliphatic rings. The van der Waals surface area contributed by atoms with E-state index in [-0.39, 0.29) is 24.0 Å². The minimum absolute atomic E-state index is 0. The van der Waals surface area contributed by atoms with Crippen molar-refractivity contribution in [3.63, 3.8) is 0 Å². The summed E-state index contributed by atoms with van der Waals surface area (Å²) in [4.78, 5) is 13.4. The SMILES string of the molecule is I.NC(=NCc1nnc2n1CCCCC2)N1CCN(c2nccs2)CC1. The maximum Gasteiger partial charge on any atom is 0.191 e. The molecule has 2 aromatic rings. The zero-order valence-corrected chi connectivity index (χ0v) is 17.9. The Morgan fingerprint density at radius 2 is 1.96 bits per heavy atom. The van der Waals surface area contributed by atoms with Gasteiger partial charge in [-0.1, -0.05) is 6.42 Å². The number of piperazine rings is 1. The Morgan fingerprint density at radius 1 is 1.12 bits per heavy atom. The number of aromatic nitrogens is 4. The van der Waals surface area contributed by atoms with E-state index in [1.165, 1.54) is 19.3 Å². The second kappa shape index (κ2) is 8.98. The summed E-state index contributed by atoms with van der Waals surface area (Å²) < 4.78 is 2.23. The van der Waals surface area contributed by atoms with Crippen LogP contribution in [0.4, 0.5) is 5.13 Å². The molecule has 10 heteroatoms. The number of fused-ring (bicyclic) bond motifs is 1. The molecule has 0 aromatic carbocycles. The second-order valence-corrected chi connectivity index (χ2v) is 7.33. The van der Waals surface area contributed by atoms with E-state index in [1.807, 2.05) is 11.6 Å². The van der Waals surface area contributed by atoms with E-state index >= 15 is 0 Å². The van der Waals surface area contributed by atoms with Crippen LogP contribution in [0, 0.1) is 0 Å². The van der Waals surface area contributed by atoms with Crippen LogP contribution >= 0.6 is 35.3 Å². The molecule has 1 saturated heterocycles. The lowest BCUT2D eigenvalue weighted by Gasteiger charge is -2.35. The summed E-state index contributed by atoms with van der Waals surface area (Å²) in [7, 11) is 0. The number of rotatable bonds is 3. The maximum atomic E-state index is 6.22. The molecule has 0 unspecified atom stereocenters. The van der Waals surface area contributed by atoms with Gasteiger partial charge in [0.2, 0.25) is 0 Å². The molecule has 8 nitrogen and oxygen atoms in total. The van der Waals surface area contributed by atoms with Gasteiger partial charge in [-0.25, -0.2) is 9.98 Å². The van der Waals surface area contributed by atoms with Crippen LogP contribution in [0.5, 0.6) is 0 Å². The van der Waals surface area contributed by atoms with Crippen LogP contribution in [0.3, 0.4) is 0 Å². The number of hydrogen-bond acceptors (Lipinski definition) is 6. The van der Waals surface area contributed by atoms with Crippen LogP contribution in [0.15, 0.2) is 16.6 Å². The predicted octanol–water partition coefficient (Wildman–Crippen LogP) is 1.72. The molecular formula is C16H25IN8S. The third-order valence-corrected chi connectivity index (χ3v) is 5.69. The number of aliphatic imine (C=N–C) groups is 1. The van der Waals surface area contributed by atoms with E-state index in [1.54, 1.807) is 11.3 Å². The van der Waals surface area contributed by atoms with Gasteiger partial charge in [0.1, 0.15) is 12.4 Å². The topological polar surface area (TPSA) is 88.5 Å². The minimum Gasteiger partial charge on any atom is -0.370 e. The molecule has 4 rings (SSSR count). The van der Waals surface area contributed by atoms with Crippen molar-refractivity contribution in [1.29, 1.82) is 0 Å². The molecule has 0 spiro atoms. The molecule has 2 aromatic heterocycles. The lowest BCUT2D eigenvalue weighted by Crippen LogP contribution is -2.51. The second-order valence-electron chi connectivity index (χ2n) is 6.46. The van der Waals surface area contributed by atoms with Gasteiger partial charge in [0.25, 0.3) is 0 Å². The van der Waals surface area contributed by atoms with Crippen molar-refractivity contribution < 1.29 is 0 Å². The van der Waals surface area contributed by atoms with Gasteiger partial charge in [0.15, 0.2) is 16.9 Å². The molecule has 2 N–H and O–H groups in total. The van der Waals surface area contributed by atoms with Crippen molar-refractivity contribution in [1.82, 2.24) is 24.6 Å². The van der Waals surface area contributed by atoms with E-state index in [9.17, 15) is 0 Å². The number of guanidine groups is 1. The van der Waals surface area contributed by atoms with Crippen molar-refractivity contribution in [3.05, 3.63) is 23.2 Å². The summed E-state index contributed by atoms with van der Waals surface area (Å²) in [6, 6.07) is 0. The van der Waals surface area contributed by atoms with Crippen LogP contribution in [0.2, 0.25) is 0 Å². The summed E-state index contributed by atoms with van der Waals surface area (Å²) in [5.41, 5.74) is 6.22. The van der Waals surface area contributed by atoms with E-state index in [0.29, 0.717) is 12.5 Å². The van der Waals surface area contributed by atoms with Gasteiger partial charge < -0.3 is 20.1 Å². The van der Waals surface area contributed by atoms with E-state index in [2.05, 4.69) is 34.5 Å². The summed E-state index contributed by atoms with van der Waals surface area (Å²) in [5, 5.41) is 11.7. The smallest absolute Gasteiger partial charge is 0.191 e. The summed E-state index contributed by atoms with van der Waals surface area (Å²) in [6.07, 6.45) is 6.52. The van der Waals surface area contributed by atoms with Crippen LogP contribution in [0.1, 0.15) is 30.9 Å². The highest BCUT2D eigenvalue weighted by molar-refractivity contribution is 14.0. The van der Waals surface area contributed by atoms with Gasteiger partial charge in [0, 0.05) is 50.7 Å². The maximum absolute atomic E-state index is 6.22. The number of nitrogens with two attached hydrogens (primary N) is 1. The van der Waals surface area contributed by atoms with Crippen LogP contribution in [0.25, 0.3) is 0 Å². The van der Waals surface area contributed by atoms with Crippen molar-refractivity contribution in [2.45, 2.75) is 38.8 Å². The van der Waals surface area contributed by atoms with Gasteiger partial charge in [0.05, 0.1) is 0 Å². The van der Waals surface area contributed by atoms with Crippen LogP contribution < -0.4 is 10.6 Å². The Hall–Kier alpha value is -1.43. The average Bonchev–Trinajstić information content (AvgIpc) is 3.25. The summed E-state index contributed by atoms with van der Waals surface area (Å²) in [5.74, 6) is 2.63. The Bertz CT molecular complexity index is 721. The van der Waals surface area contributed by atoms with Gasteiger partial charge in [-0.3, -0.25) is 0 Å². The normalized spacial score (nSPS) is 18.2. The molecule has 1 fully saturated rings. The first-order valence-corrected chi connectivity index (χ1v) is 9.79. The zero-order valence-electron chi connectivity index (χ0n) is 14.8. The highest BCUT2D eigenvalue weighted by Crippen LogP contribution is 2.19. The van der Waals surface area contributed by atoms with Crippen LogP contribution in [-0.2, 0) is 19.5 Å². The largest absolute Gasteiger partial charge is 0.370 e. The minimum atomic E-state index is 0. The molecule has 0 atom stereocenters. The van der Waals surface area contributed by atoms with Crippen LogP contribution in [-0.4, -0.2) is 56.8 Å². The quantitative estimate of drug-likeness (QED) is 0.402. The van der Waals surface area contributed by atoms with Crippen molar-refractivity contribution in [3.8, 4) is 0 Å². The third-order valence-electron chi connectivity index (χ3n) is 4.86. The average molecular weight is 488 g/mol. The van der Waals surface area contributed by atoms with Gasteiger partial charge in [-0.2, -0.15) is 0 Å². The highest BCUT2D eigenvalue weighted by atomic mass is 127. The lowest BCUT2D eigenvalue weighted by atomic mass is 10.2. The molecule has 0 aliphatic carbocycles. The highest BCUT2D eigenvalue weighted by Gasteiger charge is 2.20. The number of aryl methyl sites for hydroxylation is 1. The van der Waals surface area contributed by atoms with Crippen molar-refractivity contribution in [2.75, 3.05) is 31.1 Å². The number of halogens is 1. The first-order chi connectivity index (χ1) is 12.3. The number of thiazole rings is 1. The molecule has 142 valence electrons. The Kier molecular flexibility index (Phi) is 6.68. The molecule has 0 saturated carbocycles.